The van der Waals surface area contributed by atoms with E-state index in [-0.39, 0.29) is 11.3 Å². The first-order valence-corrected chi connectivity index (χ1v) is 9.65. The van der Waals surface area contributed by atoms with Crippen LogP contribution in [0.25, 0.3) is 28.1 Å². The summed E-state index contributed by atoms with van der Waals surface area (Å²) >= 11 is 0. The molecule has 0 aliphatic carbocycles. The smallest absolute Gasteiger partial charge is 0.267 e. The van der Waals surface area contributed by atoms with Crippen LogP contribution in [0.4, 0.5) is 0 Å². The lowest BCUT2D eigenvalue weighted by Gasteiger charge is -2.19. The summed E-state index contributed by atoms with van der Waals surface area (Å²) in [6, 6.07) is 25.0. The van der Waals surface area contributed by atoms with Gasteiger partial charge in [0.25, 0.3) is 5.56 Å². The Labute approximate surface area is 170 Å². The van der Waals surface area contributed by atoms with Crippen molar-refractivity contribution in [1.29, 1.82) is 0 Å². The largest absolute Gasteiger partial charge is 0.507 e. The van der Waals surface area contributed by atoms with Gasteiger partial charge in [-0.2, -0.15) is 0 Å². The predicted octanol–water partition coefficient (Wildman–Crippen LogP) is 5.80. The van der Waals surface area contributed by atoms with Crippen molar-refractivity contribution in [3.8, 4) is 33.8 Å². The third-order valence-electron chi connectivity index (χ3n) is 5.20. The second-order valence-corrected chi connectivity index (χ2v) is 7.41. The summed E-state index contributed by atoms with van der Waals surface area (Å²) < 4.78 is 1.68. The van der Waals surface area contributed by atoms with Crippen molar-refractivity contribution in [2.24, 2.45) is 0 Å². The minimum Gasteiger partial charge on any atom is -0.507 e. The van der Waals surface area contributed by atoms with Gasteiger partial charge in [-0.05, 0) is 55.2 Å². The number of benzene rings is 3. The molecule has 3 aromatic carbocycles. The number of hydrogen-bond acceptors (Lipinski definition) is 2. The van der Waals surface area contributed by atoms with Crippen LogP contribution in [0.1, 0.15) is 16.7 Å². The Bertz CT molecular complexity index is 1220. The van der Waals surface area contributed by atoms with Crippen molar-refractivity contribution in [3.63, 3.8) is 0 Å². The molecule has 0 radical (unpaired) electrons. The van der Waals surface area contributed by atoms with E-state index in [4.69, 9.17) is 0 Å². The van der Waals surface area contributed by atoms with Gasteiger partial charge < -0.3 is 5.11 Å². The standard InChI is InChI=1S/C26H23NO2/c1-17-14-18(2)24(19(3)15-17)25-23(28)16-22(20-10-6-4-7-11-20)27(26(25)29)21-12-8-5-9-13-21/h4-16,28H,1-3H3. The second kappa shape index (κ2) is 7.44. The van der Waals surface area contributed by atoms with Crippen LogP contribution in [0.3, 0.4) is 0 Å². The van der Waals surface area contributed by atoms with Gasteiger partial charge in [0.1, 0.15) is 5.75 Å². The maximum Gasteiger partial charge on any atom is 0.267 e. The van der Waals surface area contributed by atoms with Gasteiger partial charge in [0.2, 0.25) is 0 Å². The normalized spacial score (nSPS) is 10.9. The summed E-state index contributed by atoms with van der Waals surface area (Å²) in [6.45, 7) is 5.99. The minimum absolute atomic E-state index is 0.00362. The van der Waals surface area contributed by atoms with Crippen molar-refractivity contribution < 1.29 is 5.11 Å². The van der Waals surface area contributed by atoms with Crippen molar-refractivity contribution in [1.82, 2.24) is 4.57 Å². The van der Waals surface area contributed by atoms with Gasteiger partial charge in [-0.25, -0.2) is 0 Å². The second-order valence-electron chi connectivity index (χ2n) is 7.41. The summed E-state index contributed by atoms with van der Waals surface area (Å²) in [4.78, 5) is 13.8. The average molecular weight is 381 g/mol. The highest BCUT2D eigenvalue weighted by Gasteiger charge is 2.21. The summed E-state index contributed by atoms with van der Waals surface area (Å²) in [5, 5.41) is 11.0. The fourth-order valence-electron chi connectivity index (χ4n) is 4.06. The molecule has 4 rings (SSSR count). The maximum absolute atomic E-state index is 13.8. The van der Waals surface area contributed by atoms with E-state index in [2.05, 4.69) is 0 Å². The molecule has 0 bridgehead atoms. The van der Waals surface area contributed by atoms with Crippen LogP contribution in [0.5, 0.6) is 5.75 Å². The first kappa shape index (κ1) is 18.8. The lowest BCUT2D eigenvalue weighted by atomic mass is 9.93. The Balaban J connectivity index is 2.11. The highest BCUT2D eigenvalue weighted by Crippen LogP contribution is 2.35. The number of pyridine rings is 1. The molecule has 1 aromatic heterocycles. The van der Waals surface area contributed by atoms with Crippen LogP contribution >= 0.6 is 0 Å². The number of rotatable bonds is 3. The molecule has 4 aromatic rings. The van der Waals surface area contributed by atoms with Gasteiger partial charge in [-0.3, -0.25) is 9.36 Å². The van der Waals surface area contributed by atoms with Crippen LogP contribution in [-0.4, -0.2) is 9.67 Å². The third-order valence-corrected chi connectivity index (χ3v) is 5.20. The number of hydrogen-bond donors (Lipinski definition) is 1. The van der Waals surface area contributed by atoms with Crippen molar-refractivity contribution in [2.45, 2.75) is 20.8 Å². The van der Waals surface area contributed by atoms with Crippen LogP contribution in [0.15, 0.2) is 83.7 Å². The number of aryl methyl sites for hydroxylation is 3. The third kappa shape index (κ3) is 3.36. The molecule has 3 nitrogen and oxygen atoms in total. The van der Waals surface area contributed by atoms with E-state index in [0.29, 0.717) is 11.3 Å². The summed E-state index contributed by atoms with van der Waals surface area (Å²) in [5.74, 6) is -0.00362. The molecule has 0 saturated carbocycles. The Kier molecular flexibility index (Phi) is 4.81. The van der Waals surface area contributed by atoms with E-state index in [0.717, 1.165) is 33.5 Å². The molecule has 0 amide bonds. The highest BCUT2D eigenvalue weighted by molar-refractivity contribution is 5.79. The molecule has 0 atom stereocenters. The molecule has 144 valence electrons. The molecule has 0 saturated heterocycles. The SMILES string of the molecule is Cc1cc(C)c(-c2c(O)cc(-c3ccccc3)n(-c3ccccc3)c2=O)c(C)c1. The Morgan fingerprint density at radius 1 is 0.724 bits per heavy atom. The van der Waals surface area contributed by atoms with Crippen LogP contribution in [0, 0.1) is 20.8 Å². The van der Waals surface area contributed by atoms with Gasteiger partial charge in [-0.15, -0.1) is 0 Å². The molecular weight excluding hydrogens is 358 g/mol. The molecule has 3 heteroatoms. The molecule has 0 fully saturated rings. The monoisotopic (exact) mass is 381 g/mol. The van der Waals surface area contributed by atoms with E-state index in [9.17, 15) is 9.90 Å². The van der Waals surface area contributed by atoms with Gasteiger partial charge in [0.05, 0.1) is 11.3 Å². The fraction of sp³-hybridized carbons (Fsp3) is 0.115. The molecule has 0 aliphatic heterocycles. The predicted molar refractivity (Wildman–Crippen MR) is 119 cm³/mol. The lowest BCUT2D eigenvalue weighted by Crippen LogP contribution is -2.22. The zero-order valence-corrected chi connectivity index (χ0v) is 16.8. The molecule has 0 unspecified atom stereocenters. The van der Waals surface area contributed by atoms with E-state index in [1.807, 2.05) is 93.6 Å². The van der Waals surface area contributed by atoms with Gasteiger partial charge in [-0.1, -0.05) is 66.2 Å². The van der Waals surface area contributed by atoms with Crippen LogP contribution < -0.4 is 5.56 Å². The summed E-state index contributed by atoms with van der Waals surface area (Å²) in [5.41, 5.74) is 6.27. The summed E-state index contributed by atoms with van der Waals surface area (Å²) in [7, 11) is 0. The highest BCUT2D eigenvalue weighted by atomic mass is 16.3. The zero-order valence-electron chi connectivity index (χ0n) is 16.8. The Morgan fingerprint density at radius 3 is 1.86 bits per heavy atom. The molecule has 1 heterocycles. The van der Waals surface area contributed by atoms with E-state index >= 15 is 0 Å². The van der Waals surface area contributed by atoms with E-state index < -0.39 is 0 Å². The van der Waals surface area contributed by atoms with Gasteiger partial charge in [0, 0.05) is 11.8 Å². The lowest BCUT2D eigenvalue weighted by molar-refractivity contribution is 0.475. The molecule has 0 aliphatic rings. The number of para-hydroxylation sites is 1. The van der Waals surface area contributed by atoms with E-state index in [1.54, 1.807) is 10.6 Å². The Hall–Kier alpha value is -3.59. The first-order valence-electron chi connectivity index (χ1n) is 9.65. The molecule has 0 spiro atoms. The molecule has 1 N–H and O–H groups in total. The molecule has 29 heavy (non-hydrogen) atoms. The fourth-order valence-corrected chi connectivity index (χ4v) is 4.06. The molecular formula is C26H23NO2. The number of nitrogens with zero attached hydrogens (tertiary/aromatic N) is 1. The van der Waals surface area contributed by atoms with Crippen molar-refractivity contribution in [2.75, 3.05) is 0 Å². The summed E-state index contributed by atoms with van der Waals surface area (Å²) in [6.07, 6.45) is 0. The Morgan fingerprint density at radius 2 is 1.28 bits per heavy atom. The minimum atomic E-state index is -0.231. The van der Waals surface area contributed by atoms with E-state index in [1.165, 1.54) is 0 Å². The quantitative estimate of drug-likeness (QED) is 0.487. The van der Waals surface area contributed by atoms with Gasteiger partial charge in [0.15, 0.2) is 0 Å². The van der Waals surface area contributed by atoms with Gasteiger partial charge >= 0.3 is 0 Å². The number of aromatic hydroxyl groups is 1. The van der Waals surface area contributed by atoms with Crippen molar-refractivity contribution in [3.05, 3.63) is 106 Å². The van der Waals surface area contributed by atoms with Crippen LogP contribution in [0.2, 0.25) is 0 Å². The van der Waals surface area contributed by atoms with Crippen LogP contribution in [-0.2, 0) is 0 Å². The van der Waals surface area contributed by atoms with Crippen molar-refractivity contribution >= 4 is 0 Å². The topological polar surface area (TPSA) is 42.2 Å². The number of aromatic nitrogens is 1. The average Bonchev–Trinajstić information content (AvgIpc) is 2.70. The first-order chi connectivity index (χ1) is 14.0. The maximum atomic E-state index is 13.8. The zero-order chi connectivity index (χ0) is 20.5.